The summed E-state index contributed by atoms with van der Waals surface area (Å²) in [6.45, 7) is 3.04. The van der Waals surface area contributed by atoms with Crippen LogP contribution in [0, 0.1) is 5.92 Å². The number of benzene rings is 2. The summed E-state index contributed by atoms with van der Waals surface area (Å²) in [6.07, 6.45) is -0.328. The molecule has 0 aromatic heterocycles. The SMILES string of the molecule is CCO[C@H]1CC[C@H](N2C[C@@H](c3ccc(OC)cc3)[C@](OC)(C(=O)N3C[C@H](c4ccc(C(F)(F)F)cc4N4CCC(C(=O)O)CC4)[C@@](F)(COC)C3)C2)CC1. The molecule has 1 N–H and O–H groups in total. The second kappa shape index (κ2) is 16.3. The molecule has 2 aromatic carbocycles. The van der Waals surface area contributed by atoms with Crippen LogP contribution in [0.15, 0.2) is 42.5 Å². The number of ether oxygens (including phenoxy) is 4. The van der Waals surface area contributed by atoms with Crippen LogP contribution in [0.1, 0.15) is 74.0 Å². The molecule has 10 nitrogen and oxygen atoms in total. The predicted molar refractivity (Wildman–Crippen MR) is 194 cm³/mol. The highest BCUT2D eigenvalue weighted by atomic mass is 19.4. The van der Waals surface area contributed by atoms with Crippen molar-refractivity contribution in [3.8, 4) is 5.75 Å². The number of amides is 1. The summed E-state index contributed by atoms with van der Waals surface area (Å²) in [4.78, 5) is 32.3. The lowest BCUT2D eigenvalue weighted by molar-refractivity contribution is -0.155. The average molecular weight is 764 g/mol. The molecule has 1 aliphatic carbocycles. The molecule has 3 saturated heterocycles. The number of aliphatic carboxylic acids is 1. The van der Waals surface area contributed by atoms with Crippen molar-refractivity contribution in [1.82, 2.24) is 9.80 Å². The number of rotatable bonds is 12. The van der Waals surface area contributed by atoms with Crippen LogP contribution >= 0.6 is 0 Å². The third kappa shape index (κ3) is 7.94. The highest BCUT2D eigenvalue weighted by Crippen LogP contribution is 2.49. The molecule has 1 amide bonds. The number of carbonyl (C=O) groups excluding carboxylic acids is 1. The molecule has 4 atom stereocenters. The number of anilines is 1. The molecule has 298 valence electrons. The van der Waals surface area contributed by atoms with E-state index in [2.05, 4.69) is 4.90 Å². The Morgan fingerprint density at radius 3 is 2.17 bits per heavy atom. The molecule has 0 bridgehead atoms. The quantitative estimate of drug-likeness (QED) is 0.256. The topological polar surface area (TPSA) is 101 Å². The van der Waals surface area contributed by atoms with Crippen LogP contribution in [-0.2, 0) is 30.0 Å². The zero-order chi connectivity index (χ0) is 38.8. The van der Waals surface area contributed by atoms with E-state index in [9.17, 15) is 23.1 Å². The Kier molecular flexibility index (Phi) is 12.2. The normalized spacial score (nSPS) is 29.9. The first-order chi connectivity index (χ1) is 25.8. The number of carboxylic acids is 1. The Bertz CT molecular complexity index is 1610. The van der Waals surface area contributed by atoms with Crippen molar-refractivity contribution in [2.24, 2.45) is 5.92 Å². The zero-order valence-corrected chi connectivity index (χ0v) is 31.6. The summed E-state index contributed by atoms with van der Waals surface area (Å²) in [5, 5.41) is 9.56. The second-order valence-corrected chi connectivity index (χ2v) is 15.3. The van der Waals surface area contributed by atoms with E-state index in [-0.39, 0.29) is 75.9 Å². The fourth-order valence-corrected chi connectivity index (χ4v) is 9.39. The van der Waals surface area contributed by atoms with Gasteiger partial charge in [0, 0.05) is 77.1 Å². The number of hydrogen-bond acceptors (Lipinski definition) is 8. The van der Waals surface area contributed by atoms with E-state index in [0.29, 0.717) is 24.5 Å². The summed E-state index contributed by atoms with van der Waals surface area (Å²) in [5.41, 5.74) is -3.01. The Morgan fingerprint density at radius 1 is 0.907 bits per heavy atom. The molecule has 6 rings (SSSR count). The molecule has 54 heavy (non-hydrogen) atoms. The molecule has 0 unspecified atom stereocenters. The first-order valence-electron chi connectivity index (χ1n) is 19.0. The maximum absolute atomic E-state index is 17.5. The van der Waals surface area contributed by atoms with Gasteiger partial charge in [-0.3, -0.25) is 14.5 Å². The summed E-state index contributed by atoms with van der Waals surface area (Å²) in [5.74, 6) is -2.71. The van der Waals surface area contributed by atoms with E-state index in [1.54, 1.807) is 12.0 Å². The standard InChI is InChI=1S/C40H53F4N3O7/c1-5-54-31-13-9-29(10-14-31)46-21-33(26-6-11-30(52-3)12-7-26)39(24-46,53-4)37(50)47-22-34(38(41,23-47)25-51-2)32-15-8-28(40(42,43)44)20-35(32)45-18-16-27(17-19-45)36(48)49/h6-8,11-12,15,20,27,29,31,33-34H,5,9-10,13-14,16-19,21-25H2,1-4H3,(H,48,49)/t29-,31-,33-,34+,38-,39-/m0/s1. The Labute approximate surface area is 314 Å². The molecule has 0 radical (unpaired) electrons. The Morgan fingerprint density at radius 2 is 1.59 bits per heavy atom. The van der Waals surface area contributed by atoms with Crippen molar-refractivity contribution in [3.63, 3.8) is 0 Å². The minimum atomic E-state index is -4.65. The molecule has 0 spiro atoms. The Hall–Kier alpha value is -3.46. The van der Waals surface area contributed by atoms with Gasteiger partial charge in [0.05, 0.1) is 37.8 Å². The lowest BCUT2D eigenvalue weighted by Crippen LogP contribution is -2.55. The molecule has 1 saturated carbocycles. The van der Waals surface area contributed by atoms with Crippen LogP contribution in [0.25, 0.3) is 0 Å². The largest absolute Gasteiger partial charge is 0.497 e. The van der Waals surface area contributed by atoms with Gasteiger partial charge in [0.2, 0.25) is 0 Å². The van der Waals surface area contributed by atoms with Crippen LogP contribution in [-0.4, -0.2) is 124 Å². The fourth-order valence-electron chi connectivity index (χ4n) is 9.39. The number of alkyl halides is 4. The molecular formula is C40H53F4N3O7. The Balaban J connectivity index is 1.34. The van der Waals surface area contributed by atoms with Gasteiger partial charge in [0.25, 0.3) is 5.91 Å². The summed E-state index contributed by atoms with van der Waals surface area (Å²) >= 11 is 0. The highest BCUT2D eigenvalue weighted by molar-refractivity contribution is 5.88. The van der Waals surface area contributed by atoms with E-state index < -0.39 is 46.7 Å². The van der Waals surface area contributed by atoms with E-state index in [0.717, 1.165) is 43.4 Å². The molecule has 4 aliphatic rings. The summed E-state index contributed by atoms with van der Waals surface area (Å²) in [7, 11) is 4.46. The monoisotopic (exact) mass is 763 g/mol. The first-order valence-corrected chi connectivity index (χ1v) is 19.0. The van der Waals surface area contributed by atoms with Crippen molar-refractivity contribution in [3.05, 3.63) is 59.2 Å². The molecule has 3 aliphatic heterocycles. The zero-order valence-electron chi connectivity index (χ0n) is 31.6. The number of carbonyl (C=O) groups is 2. The van der Waals surface area contributed by atoms with Crippen molar-refractivity contribution in [1.29, 1.82) is 0 Å². The minimum absolute atomic E-state index is 0.109. The van der Waals surface area contributed by atoms with E-state index in [1.807, 2.05) is 31.2 Å². The molecule has 14 heteroatoms. The van der Waals surface area contributed by atoms with Crippen LogP contribution < -0.4 is 9.64 Å². The van der Waals surface area contributed by atoms with Gasteiger partial charge >= 0.3 is 12.1 Å². The smallest absolute Gasteiger partial charge is 0.416 e. The van der Waals surface area contributed by atoms with Crippen molar-refractivity contribution in [2.45, 2.75) is 86.9 Å². The van der Waals surface area contributed by atoms with Gasteiger partial charge in [-0.2, -0.15) is 13.2 Å². The van der Waals surface area contributed by atoms with Crippen LogP contribution in [0.2, 0.25) is 0 Å². The fraction of sp³-hybridized carbons (Fsp3) is 0.650. The summed E-state index contributed by atoms with van der Waals surface area (Å²) in [6, 6.07) is 11.0. The lowest BCUT2D eigenvalue weighted by Gasteiger charge is -2.37. The minimum Gasteiger partial charge on any atom is -0.497 e. The summed E-state index contributed by atoms with van der Waals surface area (Å²) < 4.78 is 82.7. The second-order valence-electron chi connectivity index (χ2n) is 15.3. The maximum Gasteiger partial charge on any atom is 0.416 e. The van der Waals surface area contributed by atoms with Crippen molar-refractivity contribution < 1.29 is 51.2 Å². The van der Waals surface area contributed by atoms with Crippen LogP contribution in [0.5, 0.6) is 5.75 Å². The maximum atomic E-state index is 17.5. The predicted octanol–water partition coefficient (Wildman–Crippen LogP) is 6.13. The first kappa shape index (κ1) is 40.2. The van der Waals surface area contributed by atoms with Gasteiger partial charge in [-0.15, -0.1) is 0 Å². The highest BCUT2D eigenvalue weighted by Gasteiger charge is 2.60. The van der Waals surface area contributed by atoms with Gasteiger partial charge in [-0.1, -0.05) is 18.2 Å². The number of likely N-dealkylation sites (tertiary alicyclic amines) is 2. The lowest BCUT2D eigenvalue weighted by atomic mass is 9.83. The van der Waals surface area contributed by atoms with E-state index in [4.69, 9.17) is 18.9 Å². The van der Waals surface area contributed by atoms with Gasteiger partial charge < -0.3 is 33.9 Å². The number of hydrogen-bond donors (Lipinski definition) is 1. The number of methoxy groups -OCH3 is 3. The van der Waals surface area contributed by atoms with Crippen molar-refractivity contribution in [2.75, 3.05) is 78.7 Å². The van der Waals surface area contributed by atoms with Gasteiger partial charge in [-0.05, 0) is 80.8 Å². The number of halogens is 4. The molecule has 4 fully saturated rings. The van der Waals surface area contributed by atoms with E-state index in [1.165, 1.54) is 25.2 Å². The van der Waals surface area contributed by atoms with Crippen LogP contribution in [0.4, 0.5) is 23.2 Å². The van der Waals surface area contributed by atoms with Crippen molar-refractivity contribution >= 4 is 17.6 Å². The molecular weight excluding hydrogens is 710 g/mol. The van der Waals surface area contributed by atoms with Crippen LogP contribution in [0.3, 0.4) is 0 Å². The molecule has 3 heterocycles. The number of nitrogens with zero attached hydrogens (tertiary/aromatic N) is 3. The number of carboxylic acid groups (broad SMARTS) is 1. The average Bonchev–Trinajstić information content (AvgIpc) is 3.73. The third-order valence-corrected chi connectivity index (χ3v) is 12.3. The molecule has 2 aromatic rings. The van der Waals surface area contributed by atoms with Gasteiger partial charge in [0.15, 0.2) is 11.3 Å². The third-order valence-electron chi connectivity index (χ3n) is 12.3. The van der Waals surface area contributed by atoms with Gasteiger partial charge in [-0.25, -0.2) is 4.39 Å². The van der Waals surface area contributed by atoms with Gasteiger partial charge in [0.1, 0.15) is 5.75 Å². The van der Waals surface area contributed by atoms with E-state index >= 15 is 9.18 Å². The number of piperidine rings is 1.